The molecule has 2 aromatic rings. The van der Waals surface area contributed by atoms with Crippen molar-refractivity contribution in [2.24, 2.45) is 5.73 Å². The lowest BCUT2D eigenvalue weighted by atomic mass is 10.3. The van der Waals surface area contributed by atoms with Crippen LogP contribution >= 0.6 is 0 Å². The van der Waals surface area contributed by atoms with E-state index in [0.717, 1.165) is 11.4 Å². The first kappa shape index (κ1) is 15.1. The molecule has 7 heteroatoms. The Morgan fingerprint density at radius 3 is 3.00 bits per heavy atom. The van der Waals surface area contributed by atoms with E-state index in [4.69, 9.17) is 10.5 Å². The molecule has 0 fully saturated rings. The van der Waals surface area contributed by atoms with Gasteiger partial charge < -0.3 is 15.8 Å². The number of nitrogens with two attached hydrogens (primary N) is 1. The topological polar surface area (TPSA) is 95.1 Å². The predicted octanol–water partition coefficient (Wildman–Crippen LogP) is 0.547. The van der Waals surface area contributed by atoms with Gasteiger partial charge >= 0.3 is 0 Å². The predicted molar refractivity (Wildman–Crippen MR) is 78.8 cm³/mol. The molecular formula is C14H19N5O2. The Bertz CT molecular complexity index is 597. The average Bonchev–Trinajstić information content (AvgIpc) is 2.80. The number of carbonyl (C=O) groups is 1. The molecule has 2 rings (SSSR count). The zero-order chi connectivity index (χ0) is 15.2. The Labute approximate surface area is 123 Å². The third-order valence-electron chi connectivity index (χ3n) is 2.87. The molecule has 0 saturated carbocycles. The second-order valence-corrected chi connectivity index (χ2v) is 4.70. The van der Waals surface area contributed by atoms with Crippen LogP contribution in [0.1, 0.15) is 11.4 Å². The first-order valence-electron chi connectivity index (χ1n) is 6.60. The van der Waals surface area contributed by atoms with Crippen LogP contribution in [0, 0.1) is 6.92 Å². The summed E-state index contributed by atoms with van der Waals surface area (Å²) in [4.78, 5) is 16.2. The van der Waals surface area contributed by atoms with E-state index in [1.807, 2.05) is 25.1 Å². The first-order valence-corrected chi connectivity index (χ1v) is 6.60. The van der Waals surface area contributed by atoms with Crippen molar-refractivity contribution in [3.8, 4) is 0 Å². The fraction of sp³-hybridized carbons (Fsp3) is 0.357. The number of aryl methyl sites for hydroxylation is 1. The number of hydrogen-bond acceptors (Lipinski definition) is 5. The lowest BCUT2D eigenvalue weighted by Crippen LogP contribution is -2.39. The van der Waals surface area contributed by atoms with Crippen molar-refractivity contribution in [2.75, 3.05) is 19.0 Å². The molecule has 0 aliphatic heterocycles. The van der Waals surface area contributed by atoms with E-state index in [1.165, 1.54) is 7.11 Å². The average molecular weight is 289 g/mol. The van der Waals surface area contributed by atoms with Crippen molar-refractivity contribution in [3.63, 3.8) is 0 Å². The number of rotatable bonds is 6. The summed E-state index contributed by atoms with van der Waals surface area (Å²) >= 11 is 0. The summed E-state index contributed by atoms with van der Waals surface area (Å²) < 4.78 is 6.56. The zero-order valence-corrected chi connectivity index (χ0v) is 12.1. The van der Waals surface area contributed by atoms with Crippen molar-refractivity contribution >= 4 is 11.7 Å². The number of anilines is 1. The molecule has 7 nitrogen and oxygen atoms in total. The Hall–Kier alpha value is -2.25. The smallest absolute Gasteiger partial charge is 0.244 e. The van der Waals surface area contributed by atoms with E-state index in [0.29, 0.717) is 12.4 Å². The summed E-state index contributed by atoms with van der Waals surface area (Å²) in [6.07, 6.45) is 1.72. The van der Waals surface area contributed by atoms with Crippen LogP contribution in [0.5, 0.6) is 0 Å². The summed E-state index contributed by atoms with van der Waals surface area (Å²) in [5.41, 5.74) is 7.37. The summed E-state index contributed by atoms with van der Waals surface area (Å²) in [7, 11) is 1.50. The van der Waals surface area contributed by atoms with Crippen LogP contribution in [-0.2, 0) is 16.1 Å². The van der Waals surface area contributed by atoms with Gasteiger partial charge in [-0.05, 0) is 19.1 Å². The lowest BCUT2D eigenvalue weighted by molar-refractivity contribution is -0.118. The molecule has 112 valence electrons. The molecule has 21 heavy (non-hydrogen) atoms. The van der Waals surface area contributed by atoms with Crippen LogP contribution in [0.15, 0.2) is 30.5 Å². The monoisotopic (exact) mass is 289 g/mol. The zero-order valence-electron chi connectivity index (χ0n) is 12.1. The number of nitrogens with zero attached hydrogens (tertiary/aromatic N) is 3. The number of methoxy groups -OCH3 is 1. The molecule has 2 aromatic heterocycles. The van der Waals surface area contributed by atoms with Crippen LogP contribution in [0.2, 0.25) is 0 Å². The highest BCUT2D eigenvalue weighted by Crippen LogP contribution is 2.12. The molecule has 0 saturated heterocycles. The van der Waals surface area contributed by atoms with Crippen molar-refractivity contribution < 1.29 is 9.53 Å². The van der Waals surface area contributed by atoms with E-state index in [-0.39, 0.29) is 12.5 Å². The van der Waals surface area contributed by atoms with Crippen LogP contribution in [-0.4, -0.2) is 40.4 Å². The third-order valence-corrected chi connectivity index (χ3v) is 2.87. The van der Waals surface area contributed by atoms with Crippen molar-refractivity contribution in [2.45, 2.75) is 19.5 Å². The summed E-state index contributed by atoms with van der Waals surface area (Å²) in [6, 6.07) is 6.74. The minimum atomic E-state index is -0.714. The van der Waals surface area contributed by atoms with E-state index in [9.17, 15) is 4.79 Å². The molecule has 0 aliphatic carbocycles. The van der Waals surface area contributed by atoms with E-state index < -0.39 is 6.04 Å². The van der Waals surface area contributed by atoms with Gasteiger partial charge in [-0.1, -0.05) is 6.07 Å². The SMILES string of the molecule is COCC(N)C(=O)Nc1cc(C)nn1Cc1ccccn1. The molecule has 0 aromatic carbocycles. The first-order chi connectivity index (χ1) is 10.1. The summed E-state index contributed by atoms with van der Waals surface area (Å²) in [5, 5.41) is 7.12. The molecule has 1 atom stereocenters. The largest absolute Gasteiger partial charge is 0.383 e. The van der Waals surface area contributed by atoms with Crippen molar-refractivity contribution in [3.05, 3.63) is 41.9 Å². The molecule has 1 unspecified atom stereocenters. The number of ether oxygens (including phenoxy) is 1. The number of hydrogen-bond donors (Lipinski definition) is 2. The van der Waals surface area contributed by atoms with Gasteiger partial charge in [-0.15, -0.1) is 0 Å². The molecule has 3 N–H and O–H groups in total. The molecule has 0 spiro atoms. The fourth-order valence-corrected chi connectivity index (χ4v) is 1.89. The minimum absolute atomic E-state index is 0.166. The molecule has 2 heterocycles. The Balaban J connectivity index is 2.12. The number of nitrogens with one attached hydrogen (secondary N) is 1. The molecular weight excluding hydrogens is 270 g/mol. The minimum Gasteiger partial charge on any atom is -0.383 e. The number of aromatic nitrogens is 3. The van der Waals surface area contributed by atoms with Gasteiger partial charge in [0.25, 0.3) is 0 Å². The van der Waals surface area contributed by atoms with Crippen molar-refractivity contribution in [1.82, 2.24) is 14.8 Å². The highest BCUT2D eigenvalue weighted by Gasteiger charge is 2.16. The van der Waals surface area contributed by atoms with Gasteiger partial charge in [-0.2, -0.15) is 5.10 Å². The Morgan fingerprint density at radius 1 is 1.52 bits per heavy atom. The molecule has 0 aliphatic rings. The number of carbonyl (C=O) groups excluding carboxylic acids is 1. The van der Waals surface area contributed by atoms with Crippen LogP contribution < -0.4 is 11.1 Å². The summed E-state index contributed by atoms with van der Waals surface area (Å²) in [5.74, 6) is 0.286. The normalized spacial score (nSPS) is 12.1. The van der Waals surface area contributed by atoms with Crippen LogP contribution in [0.3, 0.4) is 0 Å². The maximum absolute atomic E-state index is 11.9. The van der Waals surface area contributed by atoms with Gasteiger partial charge in [-0.3, -0.25) is 9.78 Å². The van der Waals surface area contributed by atoms with E-state index in [1.54, 1.807) is 16.9 Å². The van der Waals surface area contributed by atoms with Crippen LogP contribution in [0.25, 0.3) is 0 Å². The second kappa shape index (κ2) is 6.96. The number of amides is 1. The van der Waals surface area contributed by atoms with Gasteiger partial charge in [0.15, 0.2) is 0 Å². The summed E-state index contributed by atoms with van der Waals surface area (Å²) in [6.45, 7) is 2.50. The van der Waals surface area contributed by atoms with E-state index >= 15 is 0 Å². The van der Waals surface area contributed by atoms with Gasteiger partial charge in [0.2, 0.25) is 5.91 Å². The Kier molecular flexibility index (Phi) is 5.02. The van der Waals surface area contributed by atoms with E-state index in [2.05, 4.69) is 15.4 Å². The van der Waals surface area contributed by atoms with Crippen molar-refractivity contribution in [1.29, 1.82) is 0 Å². The maximum Gasteiger partial charge on any atom is 0.244 e. The van der Waals surface area contributed by atoms with Gasteiger partial charge in [0.05, 0.1) is 24.5 Å². The highest BCUT2D eigenvalue weighted by molar-refractivity contribution is 5.94. The second-order valence-electron chi connectivity index (χ2n) is 4.70. The van der Waals surface area contributed by atoms with Gasteiger partial charge in [-0.25, -0.2) is 4.68 Å². The highest BCUT2D eigenvalue weighted by atomic mass is 16.5. The number of pyridine rings is 1. The quantitative estimate of drug-likeness (QED) is 0.809. The van der Waals surface area contributed by atoms with Gasteiger partial charge in [0.1, 0.15) is 11.9 Å². The van der Waals surface area contributed by atoms with Crippen LogP contribution in [0.4, 0.5) is 5.82 Å². The lowest BCUT2D eigenvalue weighted by Gasteiger charge is -2.12. The fourth-order valence-electron chi connectivity index (χ4n) is 1.89. The van der Waals surface area contributed by atoms with Gasteiger partial charge in [0, 0.05) is 19.4 Å². The molecule has 0 bridgehead atoms. The molecule has 1 amide bonds. The Morgan fingerprint density at radius 2 is 2.33 bits per heavy atom. The standard InChI is InChI=1S/C14H19N5O2/c1-10-7-13(17-14(20)12(15)9-21-2)19(18-10)8-11-5-3-4-6-16-11/h3-7,12H,8-9,15H2,1-2H3,(H,17,20). The molecule has 0 radical (unpaired) electrons. The maximum atomic E-state index is 11.9. The third kappa shape index (κ3) is 4.11.